The first kappa shape index (κ1) is 14.7. The summed E-state index contributed by atoms with van der Waals surface area (Å²) in [5.74, 6) is 0. The van der Waals surface area contributed by atoms with E-state index in [2.05, 4.69) is 36.1 Å². The van der Waals surface area contributed by atoms with E-state index in [0.29, 0.717) is 0 Å². The minimum Gasteiger partial charge on any atom is -0.406 e. The van der Waals surface area contributed by atoms with Crippen LogP contribution in [0.25, 0.3) is 0 Å². The first-order valence-corrected chi connectivity index (χ1v) is 10.6. The smallest absolute Gasteiger partial charge is 0.263 e. The lowest BCUT2D eigenvalue weighted by Crippen LogP contribution is -2.31. The van der Waals surface area contributed by atoms with E-state index in [1.54, 1.807) is 0 Å². The summed E-state index contributed by atoms with van der Waals surface area (Å²) in [5, 5.41) is 0. The number of hydrogen-bond acceptors (Lipinski definition) is 1. The second-order valence-corrected chi connectivity index (χ2v) is 11.3. The fourth-order valence-corrected chi connectivity index (χ4v) is 6.48. The monoisotopic (exact) mass is 280 g/mol. The zero-order chi connectivity index (χ0) is 10.9. The molecule has 0 amide bonds. The van der Waals surface area contributed by atoms with Crippen LogP contribution in [0.5, 0.6) is 0 Å². The van der Waals surface area contributed by atoms with Crippen LogP contribution in [0.3, 0.4) is 0 Å². The van der Waals surface area contributed by atoms with Crippen LogP contribution in [0, 0.1) is 0 Å². The Kier molecular flexibility index (Phi) is 9.34. The van der Waals surface area contributed by atoms with E-state index < -0.39 is 6.94 Å². The molecule has 0 aromatic rings. The summed E-state index contributed by atoms with van der Waals surface area (Å²) in [7, 11) is 0. The van der Waals surface area contributed by atoms with E-state index in [0.717, 1.165) is 13.0 Å². The van der Waals surface area contributed by atoms with Gasteiger partial charge in [-0.05, 0) is 18.5 Å². The number of unbranched alkanes of at least 4 members (excludes halogenated alkanes) is 2. The van der Waals surface area contributed by atoms with Crippen molar-refractivity contribution in [2.75, 3.05) is 6.61 Å². The van der Waals surface area contributed by atoms with Crippen LogP contribution >= 0.6 is 15.3 Å². The number of halogens is 1. The van der Waals surface area contributed by atoms with Crippen LogP contribution in [0.2, 0.25) is 12.1 Å². The first-order chi connectivity index (χ1) is 6.68. The minimum atomic E-state index is -1.50. The van der Waals surface area contributed by atoms with Gasteiger partial charge in [0, 0.05) is 6.61 Å². The van der Waals surface area contributed by atoms with Gasteiger partial charge in [0.2, 0.25) is 0 Å². The molecule has 0 spiro atoms. The Morgan fingerprint density at radius 2 is 1.43 bits per heavy atom. The maximum atomic E-state index is 6.04. The molecular weight excluding hydrogens is 256 g/mol. The van der Waals surface area contributed by atoms with Gasteiger partial charge in [-0.3, -0.25) is 0 Å². The molecule has 0 heterocycles. The number of rotatable bonds is 9. The van der Waals surface area contributed by atoms with Crippen LogP contribution in [0.4, 0.5) is 0 Å². The average molecular weight is 281 g/mol. The highest BCUT2D eigenvalue weighted by molar-refractivity contribution is 9.25. The van der Waals surface area contributed by atoms with Crippen molar-refractivity contribution in [3.63, 3.8) is 0 Å². The molecule has 0 aliphatic rings. The van der Waals surface area contributed by atoms with Gasteiger partial charge in [-0.25, -0.2) is 0 Å². The average Bonchev–Trinajstić information content (AvgIpc) is 2.21. The molecule has 0 saturated carbocycles. The standard InChI is InChI=1S/C11H25BrOSi/c1-4-7-10-14(12,11-8-5-2)13-9-6-3/h4-11H2,1-3H3. The topological polar surface area (TPSA) is 9.23 Å². The van der Waals surface area contributed by atoms with Crippen LogP contribution < -0.4 is 0 Å². The first-order valence-electron chi connectivity index (χ1n) is 6.01. The van der Waals surface area contributed by atoms with Gasteiger partial charge < -0.3 is 4.43 Å². The van der Waals surface area contributed by atoms with Gasteiger partial charge in [-0.15, -0.1) is 0 Å². The van der Waals surface area contributed by atoms with Crippen molar-refractivity contribution >= 4 is 22.2 Å². The summed E-state index contributed by atoms with van der Waals surface area (Å²) in [5.41, 5.74) is 0. The molecule has 0 saturated heterocycles. The third-order valence-corrected chi connectivity index (χ3v) is 8.36. The second-order valence-electron chi connectivity index (χ2n) is 3.94. The molecule has 0 atom stereocenters. The minimum absolute atomic E-state index is 0.935. The maximum Gasteiger partial charge on any atom is 0.263 e. The van der Waals surface area contributed by atoms with Crippen molar-refractivity contribution in [3.05, 3.63) is 0 Å². The lowest BCUT2D eigenvalue weighted by molar-refractivity contribution is 0.311. The third-order valence-electron chi connectivity index (χ3n) is 2.37. The van der Waals surface area contributed by atoms with E-state index in [1.807, 2.05) is 0 Å². The van der Waals surface area contributed by atoms with Crippen LogP contribution in [0.15, 0.2) is 0 Å². The van der Waals surface area contributed by atoms with Crippen molar-refractivity contribution in [3.8, 4) is 0 Å². The molecule has 3 heteroatoms. The molecule has 0 unspecified atom stereocenters. The van der Waals surface area contributed by atoms with Gasteiger partial charge in [0.05, 0.1) is 0 Å². The third kappa shape index (κ3) is 7.02. The van der Waals surface area contributed by atoms with Crippen molar-refractivity contribution < 1.29 is 4.43 Å². The summed E-state index contributed by atoms with van der Waals surface area (Å²) < 4.78 is 6.04. The fraction of sp³-hybridized carbons (Fsp3) is 1.00. The van der Waals surface area contributed by atoms with Gasteiger partial charge in [0.1, 0.15) is 0 Å². The lowest BCUT2D eigenvalue weighted by Gasteiger charge is -2.24. The van der Waals surface area contributed by atoms with Crippen LogP contribution in [-0.2, 0) is 4.43 Å². The zero-order valence-corrected chi connectivity index (χ0v) is 12.5. The predicted molar refractivity (Wildman–Crippen MR) is 70.4 cm³/mol. The summed E-state index contributed by atoms with van der Waals surface area (Å²) in [6.07, 6.45) is 6.32. The van der Waals surface area contributed by atoms with Crippen LogP contribution in [-0.4, -0.2) is 13.5 Å². The van der Waals surface area contributed by atoms with Gasteiger partial charge >= 0.3 is 0 Å². The quantitative estimate of drug-likeness (QED) is 0.433. The van der Waals surface area contributed by atoms with Crippen molar-refractivity contribution in [2.24, 2.45) is 0 Å². The Balaban J connectivity index is 3.89. The fourth-order valence-electron chi connectivity index (χ4n) is 1.44. The molecule has 0 rings (SSSR count). The normalized spacial score (nSPS) is 12.0. The molecule has 0 aliphatic heterocycles. The molecule has 0 aliphatic carbocycles. The predicted octanol–water partition coefficient (Wildman–Crippen LogP) is 4.85. The Labute approximate surface area is 98.3 Å². The summed E-state index contributed by atoms with van der Waals surface area (Å²) >= 11 is 3.91. The van der Waals surface area contributed by atoms with Crippen molar-refractivity contribution in [2.45, 2.75) is 65.0 Å². The van der Waals surface area contributed by atoms with Gasteiger partial charge in [0.15, 0.2) is 0 Å². The van der Waals surface area contributed by atoms with Gasteiger partial charge in [-0.2, -0.15) is 0 Å². The summed E-state index contributed by atoms with van der Waals surface area (Å²) in [6, 6.07) is 2.56. The van der Waals surface area contributed by atoms with E-state index in [4.69, 9.17) is 4.43 Å². The molecule has 1 nitrogen and oxygen atoms in total. The Bertz CT molecular complexity index is 109. The highest BCUT2D eigenvalue weighted by Gasteiger charge is 2.29. The van der Waals surface area contributed by atoms with Crippen molar-refractivity contribution in [1.29, 1.82) is 0 Å². The molecule has 0 N–H and O–H groups in total. The van der Waals surface area contributed by atoms with E-state index in [9.17, 15) is 0 Å². The van der Waals surface area contributed by atoms with Crippen molar-refractivity contribution in [1.82, 2.24) is 0 Å². The largest absolute Gasteiger partial charge is 0.406 e. The van der Waals surface area contributed by atoms with Gasteiger partial charge in [-0.1, -0.05) is 61.7 Å². The molecule has 0 bridgehead atoms. The second kappa shape index (κ2) is 8.92. The molecule has 86 valence electrons. The summed E-state index contributed by atoms with van der Waals surface area (Å²) in [6.45, 7) is 6.12. The molecule has 0 radical (unpaired) electrons. The van der Waals surface area contributed by atoms with E-state index in [1.165, 1.54) is 37.8 Å². The SMILES string of the molecule is CCCC[Si](Br)(CCCC)OCCC. The summed E-state index contributed by atoms with van der Waals surface area (Å²) in [4.78, 5) is 0. The molecule has 14 heavy (non-hydrogen) atoms. The van der Waals surface area contributed by atoms with Gasteiger partial charge in [0.25, 0.3) is 6.94 Å². The Morgan fingerprint density at radius 1 is 0.929 bits per heavy atom. The number of hydrogen-bond donors (Lipinski definition) is 0. The molecule has 0 aromatic carbocycles. The van der Waals surface area contributed by atoms with Crippen LogP contribution in [0.1, 0.15) is 52.9 Å². The molecule has 0 fully saturated rings. The molecular formula is C11H25BrOSi. The van der Waals surface area contributed by atoms with E-state index >= 15 is 0 Å². The lowest BCUT2D eigenvalue weighted by atomic mass is 10.4. The van der Waals surface area contributed by atoms with E-state index in [-0.39, 0.29) is 0 Å². The zero-order valence-electron chi connectivity index (χ0n) is 9.94. The molecule has 0 aromatic heterocycles. The Morgan fingerprint density at radius 3 is 1.79 bits per heavy atom. The highest BCUT2D eigenvalue weighted by atomic mass is 79.9. The highest BCUT2D eigenvalue weighted by Crippen LogP contribution is 2.29. The maximum absolute atomic E-state index is 6.04. The Hall–Kier alpha value is 0.657.